The van der Waals surface area contributed by atoms with Gasteiger partial charge in [0.05, 0.1) is 18.4 Å². The highest BCUT2D eigenvalue weighted by Crippen LogP contribution is 2.27. The number of methoxy groups -OCH3 is 1. The number of halogens is 2. The third kappa shape index (κ3) is 2.21. The Bertz CT molecular complexity index is 465. The fraction of sp³-hybridized carbons (Fsp3) is 0.364. The van der Waals surface area contributed by atoms with Crippen LogP contribution in [-0.4, -0.2) is 25.2 Å². The van der Waals surface area contributed by atoms with Gasteiger partial charge in [0.1, 0.15) is 0 Å². The molecule has 0 amide bonds. The molecule has 3 N–H and O–H groups in total. The van der Waals surface area contributed by atoms with Crippen molar-refractivity contribution in [2.45, 2.75) is 18.5 Å². The lowest BCUT2D eigenvalue weighted by Gasteiger charge is -2.09. The van der Waals surface area contributed by atoms with E-state index in [1.165, 1.54) is 12.1 Å². The van der Waals surface area contributed by atoms with E-state index < -0.39 is 23.2 Å². The van der Waals surface area contributed by atoms with Crippen LogP contribution in [0.5, 0.6) is 0 Å². The first-order valence-electron chi connectivity index (χ1n) is 5.13. The summed E-state index contributed by atoms with van der Waals surface area (Å²) in [7, 11) is 1.11. The quantitative estimate of drug-likeness (QED) is 0.783. The molecule has 0 heterocycles. The van der Waals surface area contributed by atoms with Gasteiger partial charge in [-0.05, 0) is 18.6 Å². The zero-order valence-electron chi connectivity index (χ0n) is 9.17. The minimum Gasteiger partial charge on any atom is -0.465 e. The van der Waals surface area contributed by atoms with Crippen LogP contribution in [0.2, 0.25) is 0 Å². The predicted molar refractivity (Wildman–Crippen MR) is 57.7 cm³/mol. The number of hydrogen-bond donors (Lipinski definition) is 2. The molecule has 1 aliphatic carbocycles. The molecular weight excluding hydrogens is 230 g/mol. The van der Waals surface area contributed by atoms with Gasteiger partial charge in [0.2, 0.25) is 0 Å². The lowest BCUT2D eigenvalue weighted by Crippen LogP contribution is -2.15. The van der Waals surface area contributed by atoms with Gasteiger partial charge in [0.15, 0.2) is 11.6 Å². The second-order valence-corrected chi connectivity index (χ2v) is 3.93. The third-order valence-electron chi connectivity index (χ3n) is 2.67. The molecule has 17 heavy (non-hydrogen) atoms. The highest BCUT2D eigenvalue weighted by atomic mass is 19.2. The Kier molecular flexibility index (Phi) is 2.97. The number of hydrogen-bond acceptors (Lipinski definition) is 4. The molecular formula is C11H12F2N2O2. The van der Waals surface area contributed by atoms with Crippen molar-refractivity contribution in [3.05, 3.63) is 29.3 Å². The van der Waals surface area contributed by atoms with Crippen molar-refractivity contribution < 1.29 is 18.3 Å². The molecule has 0 radical (unpaired) electrons. The van der Waals surface area contributed by atoms with Gasteiger partial charge in [0, 0.05) is 12.1 Å². The monoisotopic (exact) mass is 242 g/mol. The van der Waals surface area contributed by atoms with E-state index >= 15 is 0 Å². The number of benzene rings is 1. The highest BCUT2D eigenvalue weighted by Gasteiger charge is 2.34. The Morgan fingerprint density at radius 2 is 2.12 bits per heavy atom. The Balaban J connectivity index is 2.25. The molecule has 1 saturated carbocycles. The maximum absolute atomic E-state index is 13.6. The van der Waals surface area contributed by atoms with E-state index in [1.54, 1.807) is 0 Å². The van der Waals surface area contributed by atoms with Gasteiger partial charge in [-0.1, -0.05) is 0 Å². The maximum atomic E-state index is 13.6. The number of esters is 1. The molecule has 6 heteroatoms. The van der Waals surface area contributed by atoms with Crippen LogP contribution < -0.4 is 11.1 Å². The molecule has 1 fully saturated rings. The Hall–Kier alpha value is -1.69. The first kappa shape index (κ1) is 11.8. The topological polar surface area (TPSA) is 64.3 Å². The van der Waals surface area contributed by atoms with E-state index in [0.717, 1.165) is 13.5 Å². The first-order valence-corrected chi connectivity index (χ1v) is 5.13. The SMILES string of the molecule is COC(=O)c1ccc(NC2CC2N)c(F)c1F. The standard InChI is InChI=1S/C11H12F2N2O2/c1-17-11(16)5-2-3-7(10(13)9(5)12)15-8-4-6(8)14/h2-3,6,8,15H,4,14H2,1H3. The van der Waals surface area contributed by atoms with Gasteiger partial charge in [-0.2, -0.15) is 0 Å². The van der Waals surface area contributed by atoms with Gasteiger partial charge in [-0.3, -0.25) is 0 Å². The molecule has 2 rings (SSSR count). The third-order valence-corrected chi connectivity index (χ3v) is 2.67. The fourth-order valence-electron chi connectivity index (χ4n) is 1.51. The van der Waals surface area contributed by atoms with Crippen LogP contribution in [0.4, 0.5) is 14.5 Å². The second-order valence-electron chi connectivity index (χ2n) is 3.93. The summed E-state index contributed by atoms with van der Waals surface area (Å²) >= 11 is 0. The number of ether oxygens (including phenoxy) is 1. The number of anilines is 1. The summed E-state index contributed by atoms with van der Waals surface area (Å²) in [5, 5.41) is 2.77. The van der Waals surface area contributed by atoms with E-state index in [2.05, 4.69) is 10.1 Å². The molecule has 92 valence electrons. The molecule has 0 bridgehead atoms. The Morgan fingerprint density at radius 3 is 2.65 bits per heavy atom. The average Bonchev–Trinajstić information content (AvgIpc) is 3.00. The van der Waals surface area contributed by atoms with Crippen LogP contribution >= 0.6 is 0 Å². The summed E-state index contributed by atoms with van der Waals surface area (Å²) in [5.74, 6) is -3.21. The Morgan fingerprint density at radius 1 is 1.47 bits per heavy atom. The zero-order valence-corrected chi connectivity index (χ0v) is 9.17. The largest absolute Gasteiger partial charge is 0.465 e. The van der Waals surface area contributed by atoms with Crippen LogP contribution in [0, 0.1) is 11.6 Å². The molecule has 4 nitrogen and oxygen atoms in total. The van der Waals surface area contributed by atoms with Crippen molar-refractivity contribution in [3.63, 3.8) is 0 Å². The van der Waals surface area contributed by atoms with E-state index in [4.69, 9.17) is 5.73 Å². The number of nitrogens with two attached hydrogens (primary N) is 1. The summed E-state index contributed by atoms with van der Waals surface area (Å²) in [4.78, 5) is 11.1. The summed E-state index contributed by atoms with van der Waals surface area (Å²) in [5.41, 5.74) is 5.14. The fourth-order valence-corrected chi connectivity index (χ4v) is 1.51. The summed E-state index contributed by atoms with van der Waals surface area (Å²) in [6, 6.07) is 2.42. The molecule has 0 aliphatic heterocycles. The average molecular weight is 242 g/mol. The van der Waals surface area contributed by atoms with Gasteiger partial charge < -0.3 is 15.8 Å². The van der Waals surface area contributed by atoms with Crippen LogP contribution in [0.25, 0.3) is 0 Å². The lowest BCUT2D eigenvalue weighted by molar-refractivity contribution is 0.0594. The van der Waals surface area contributed by atoms with Crippen LogP contribution in [0.3, 0.4) is 0 Å². The van der Waals surface area contributed by atoms with Gasteiger partial charge in [-0.25, -0.2) is 13.6 Å². The molecule has 2 unspecified atom stereocenters. The van der Waals surface area contributed by atoms with E-state index in [9.17, 15) is 13.6 Å². The van der Waals surface area contributed by atoms with E-state index in [-0.39, 0.29) is 17.8 Å². The van der Waals surface area contributed by atoms with Crippen LogP contribution in [-0.2, 0) is 4.74 Å². The summed E-state index contributed by atoms with van der Waals surface area (Å²) in [6.45, 7) is 0. The van der Waals surface area contributed by atoms with Gasteiger partial charge in [-0.15, -0.1) is 0 Å². The maximum Gasteiger partial charge on any atom is 0.340 e. The number of carbonyl (C=O) groups excluding carboxylic acids is 1. The number of carbonyl (C=O) groups is 1. The number of rotatable bonds is 3. The van der Waals surface area contributed by atoms with Crippen molar-refractivity contribution in [2.24, 2.45) is 5.73 Å². The van der Waals surface area contributed by atoms with Crippen molar-refractivity contribution in [1.29, 1.82) is 0 Å². The second kappa shape index (κ2) is 4.29. The molecule has 0 spiro atoms. The molecule has 0 aromatic heterocycles. The summed E-state index contributed by atoms with van der Waals surface area (Å²) < 4.78 is 31.4. The van der Waals surface area contributed by atoms with E-state index in [1.807, 2.05) is 0 Å². The first-order chi connectivity index (χ1) is 8.04. The lowest BCUT2D eigenvalue weighted by atomic mass is 10.2. The van der Waals surface area contributed by atoms with Crippen molar-refractivity contribution in [3.8, 4) is 0 Å². The molecule has 2 atom stereocenters. The predicted octanol–water partition coefficient (Wildman–Crippen LogP) is 1.26. The molecule has 0 saturated heterocycles. The molecule has 1 aliphatic rings. The van der Waals surface area contributed by atoms with Gasteiger partial charge in [0.25, 0.3) is 0 Å². The van der Waals surface area contributed by atoms with E-state index in [0.29, 0.717) is 0 Å². The summed E-state index contributed by atoms with van der Waals surface area (Å²) in [6.07, 6.45) is 0.722. The van der Waals surface area contributed by atoms with Crippen LogP contribution in [0.15, 0.2) is 12.1 Å². The molecule has 1 aromatic carbocycles. The normalized spacial score (nSPS) is 22.1. The number of nitrogens with one attached hydrogen (secondary N) is 1. The smallest absolute Gasteiger partial charge is 0.340 e. The minimum absolute atomic E-state index is 0.00750. The Labute approximate surface area is 96.7 Å². The molecule has 1 aromatic rings. The van der Waals surface area contributed by atoms with Crippen molar-refractivity contribution >= 4 is 11.7 Å². The zero-order chi connectivity index (χ0) is 12.6. The highest BCUT2D eigenvalue weighted by molar-refractivity contribution is 5.90. The minimum atomic E-state index is -1.21. The van der Waals surface area contributed by atoms with Gasteiger partial charge >= 0.3 is 5.97 Å². The van der Waals surface area contributed by atoms with Crippen molar-refractivity contribution in [2.75, 3.05) is 12.4 Å². The van der Waals surface area contributed by atoms with Crippen LogP contribution in [0.1, 0.15) is 16.8 Å². The van der Waals surface area contributed by atoms with Crippen molar-refractivity contribution in [1.82, 2.24) is 0 Å².